The minimum atomic E-state index is -0.395. The van der Waals surface area contributed by atoms with E-state index >= 15 is 0 Å². The van der Waals surface area contributed by atoms with Crippen molar-refractivity contribution in [3.63, 3.8) is 0 Å². The van der Waals surface area contributed by atoms with E-state index in [9.17, 15) is 5.11 Å². The lowest BCUT2D eigenvalue weighted by Gasteiger charge is -2.25. The second-order valence-corrected chi connectivity index (χ2v) is 5.40. The molecule has 1 aromatic rings. The second-order valence-electron chi connectivity index (χ2n) is 5.40. The molecule has 16 heavy (non-hydrogen) atoms. The maximum atomic E-state index is 10.0. The molecule has 0 aliphatic carbocycles. The van der Waals surface area contributed by atoms with E-state index in [0.29, 0.717) is 6.54 Å². The summed E-state index contributed by atoms with van der Waals surface area (Å²) in [5.41, 5.74) is 7.89. The quantitative estimate of drug-likeness (QED) is 0.821. The van der Waals surface area contributed by atoms with Crippen LogP contribution in [0.15, 0.2) is 24.3 Å². The highest BCUT2D eigenvalue weighted by atomic mass is 16.3. The molecule has 0 aliphatic rings. The lowest BCUT2D eigenvalue weighted by molar-refractivity contribution is 0.127. The summed E-state index contributed by atoms with van der Waals surface area (Å²) >= 11 is 0. The van der Waals surface area contributed by atoms with E-state index in [4.69, 9.17) is 5.73 Å². The average Bonchev–Trinajstić information content (AvgIpc) is 2.28. The van der Waals surface area contributed by atoms with Gasteiger partial charge in [-0.05, 0) is 17.0 Å². The van der Waals surface area contributed by atoms with Crippen LogP contribution in [0.1, 0.15) is 44.9 Å². The van der Waals surface area contributed by atoms with Crippen molar-refractivity contribution in [2.24, 2.45) is 11.7 Å². The molecule has 3 N–H and O–H groups in total. The predicted octanol–water partition coefficient (Wildman–Crippen LogP) is 2.61. The van der Waals surface area contributed by atoms with Crippen LogP contribution >= 0.6 is 0 Å². The van der Waals surface area contributed by atoms with E-state index in [1.54, 1.807) is 0 Å². The molecule has 0 bridgehead atoms. The number of aliphatic hydroxyl groups is 1. The van der Waals surface area contributed by atoms with Gasteiger partial charge in [-0.2, -0.15) is 0 Å². The van der Waals surface area contributed by atoms with Crippen LogP contribution in [0, 0.1) is 5.92 Å². The molecule has 90 valence electrons. The third-order valence-electron chi connectivity index (χ3n) is 3.15. The molecule has 0 aromatic heterocycles. The van der Waals surface area contributed by atoms with Gasteiger partial charge in [-0.3, -0.25) is 0 Å². The number of hydrogen-bond donors (Lipinski definition) is 2. The van der Waals surface area contributed by atoms with Gasteiger partial charge in [0.1, 0.15) is 0 Å². The van der Waals surface area contributed by atoms with Crippen molar-refractivity contribution in [3.8, 4) is 0 Å². The van der Waals surface area contributed by atoms with Crippen molar-refractivity contribution in [3.05, 3.63) is 35.4 Å². The fraction of sp³-hybridized carbons (Fsp3) is 0.571. The highest BCUT2D eigenvalue weighted by molar-refractivity contribution is 5.30. The van der Waals surface area contributed by atoms with Gasteiger partial charge in [0.15, 0.2) is 0 Å². The first-order valence-electron chi connectivity index (χ1n) is 5.87. The van der Waals surface area contributed by atoms with Crippen LogP contribution in [-0.2, 0) is 5.41 Å². The molecule has 0 radical (unpaired) electrons. The SMILES string of the molecule is CC(C)C(O)c1cccc(C(C)(C)CN)c1. The molecule has 2 nitrogen and oxygen atoms in total. The summed E-state index contributed by atoms with van der Waals surface area (Å²) in [5.74, 6) is 0.233. The molecule has 1 aromatic carbocycles. The first-order valence-corrected chi connectivity index (χ1v) is 5.87. The zero-order chi connectivity index (χ0) is 12.3. The molecule has 0 saturated heterocycles. The van der Waals surface area contributed by atoms with Gasteiger partial charge in [0.25, 0.3) is 0 Å². The Morgan fingerprint density at radius 1 is 1.31 bits per heavy atom. The monoisotopic (exact) mass is 221 g/mol. The summed E-state index contributed by atoms with van der Waals surface area (Å²) in [7, 11) is 0. The van der Waals surface area contributed by atoms with Gasteiger partial charge in [-0.1, -0.05) is 52.0 Å². The van der Waals surface area contributed by atoms with E-state index in [1.807, 2.05) is 26.0 Å². The Morgan fingerprint density at radius 3 is 2.44 bits per heavy atom. The zero-order valence-electron chi connectivity index (χ0n) is 10.7. The molecule has 1 unspecified atom stereocenters. The smallest absolute Gasteiger partial charge is 0.0813 e. The molecule has 0 heterocycles. The topological polar surface area (TPSA) is 46.2 Å². The predicted molar refractivity (Wildman–Crippen MR) is 68.3 cm³/mol. The molecule has 0 fully saturated rings. The highest BCUT2D eigenvalue weighted by Gasteiger charge is 2.20. The van der Waals surface area contributed by atoms with Gasteiger partial charge < -0.3 is 10.8 Å². The summed E-state index contributed by atoms with van der Waals surface area (Å²) < 4.78 is 0. The molecule has 0 saturated carbocycles. The third-order valence-corrected chi connectivity index (χ3v) is 3.15. The first-order chi connectivity index (χ1) is 7.38. The molecule has 2 heteroatoms. The average molecular weight is 221 g/mol. The van der Waals surface area contributed by atoms with Crippen LogP contribution in [0.3, 0.4) is 0 Å². The molecule has 0 aliphatic heterocycles. The summed E-state index contributed by atoms with van der Waals surface area (Å²) in [6.07, 6.45) is -0.395. The summed E-state index contributed by atoms with van der Waals surface area (Å²) in [4.78, 5) is 0. The van der Waals surface area contributed by atoms with Crippen LogP contribution < -0.4 is 5.73 Å². The Labute approximate surface area is 98.5 Å². The Kier molecular flexibility index (Phi) is 4.11. The summed E-state index contributed by atoms with van der Waals surface area (Å²) in [6.45, 7) is 8.88. The minimum Gasteiger partial charge on any atom is -0.388 e. The normalized spacial score (nSPS) is 14.2. The Hall–Kier alpha value is -0.860. The van der Waals surface area contributed by atoms with Crippen LogP contribution in [0.5, 0.6) is 0 Å². The van der Waals surface area contributed by atoms with Crippen molar-refractivity contribution in [2.45, 2.75) is 39.2 Å². The van der Waals surface area contributed by atoms with Crippen molar-refractivity contribution in [2.75, 3.05) is 6.54 Å². The van der Waals surface area contributed by atoms with Crippen molar-refractivity contribution in [1.82, 2.24) is 0 Å². The molecular weight excluding hydrogens is 198 g/mol. The summed E-state index contributed by atoms with van der Waals surface area (Å²) in [6, 6.07) is 8.11. The fourth-order valence-corrected chi connectivity index (χ4v) is 1.65. The van der Waals surface area contributed by atoms with Crippen LogP contribution in [0.2, 0.25) is 0 Å². The number of rotatable bonds is 4. The van der Waals surface area contributed by atoms with Gasteiger partial charge >= 0.3 is 0 Å². The number of hydrogen-bond acceptors (Lipinski definition) is 2. The fourth-order valence-electron chi connectivity index (χ4n) is 1.65. The molecule has 1 rings (SSSR count). The molecule has 0 spiro atoms. The van der Waals surface area contributed by atoms with Crippen LogP contribution in [0.4, 0.5) is 0 Å². The van der Waals surface area contributed by atoms with E-state index in [1.165, 1.54) is 5.56 Å². The van der Waals surface area contributed by atoms with Gasteiger partial charge in [0.2, 0.25) is 0 Å². The minimum absolute atomic E-state index is 0.0350. The van der Waals surface area contributed by atoms with Crippen molar-refractivity contribution < 1.29 is 5.11 Å². The second kappa shape index (κ2) is 4.98. The summed E-state index contributed by atoms with van der Waals surface area (Å²) in [5, 5.41) is 10.0. The van der Waals surface area contributed by atoms with E-state index < -0.39 is 6.10 Å². The van der Waals surface area contributed by atoms with Gasteiger partial charge in [-0.15, -0.1) is 0 Å². The van der Waals surface area contributed by atoms with Gasteiger partial charge in [-0.25, -0.2) is 0 Å². The molecule has 0 amide bonds. The number of aliphatic hydroxyl groups excluding tert-OH is 1. The third kappa shape index (κ3) is 2.83. The number of nitrogens with two attached hydrogens (primary N) is 1. The van der Waals surface area contributed by atoms with Crippen molar-refractivity contribution in [1.29, 1.82) is 0 Å². The maximum Gasteiger partial charge on any atom is 0.0813 e. The Balaban J connectivity index is 3.04. The van der Waals surface area contributed by atoms with Crippen LogP contribution in [0.25, 0.3) is 0 Å². The molecule has 1 atom stereocenters. The molecular formula is C14H23NO. The highest BCUT2D eigenvalue weighted by Crippen LogP contribution is 2.27. The van der Waals surface area contributed by atoms with Crippen LogP contribution in [-0.4, -0.2) is 11.7 Å². The zero-order valence-corrected chi connectivity index (χ0v) is 10.7. The Morgan fingerprint density at radius 2 is 1.94 bits per heavy atom. The number of benzene rings is 1. The van der Waals surface area contributed by atoms with Gasteiger partial charge in [0, 0.05) is 12.0 Å². The van der Waals surface area contributed by atoms with E-state index in [2.05, 4.69) is 26.0 Å². The maximum absolute atomic E-state index is 10.0. The standard InChI is InChI=1S/C14H23NO/c1-10(2)13(16)11-6-5-7-12(8-11)14(3,4)9-15/h5-8,10,13,16H,9,15H2,1-4H3. The largest absolute Gasteiger partial charge is 0.388 e. The van der Waals surface area contributed by atoms with E-state index in [0.717, 1.165) is 5.56 Å². The van der Waals surface area contributed by atoms with Gasteiger partial charge in [0.05, 0.1) is 6.10 Å². The lowest BCUT2D eigenvalue weighted by Crippen LogP contribution is -2.28. The van der Waals surface area contributed by atoms with Crippen molar-refractivity contribution >= 4 is 0 Å². The lowest BCUT2D eigenvalue weighted by atomic mass is 9.83. The van der Waals surface area contributed by atoms with E-state index in [-0.39, 0.29) is 11.3 Å². The first kappa shape index (κ1) is 13.2. The Bertz CT molecular complexity index is 344.